The number of aryl methyl sites for hydroxylation is 1. The number of carbonyl (C=O) groups excluding carboxylic acids is 2. The average molecular weight is 479 g/mol. The number of rotatable bonds is 12. The van der Waals surface area contributed by atoms with Crippen molar-refractivity contribution in [1.29, 1.82) is 0 Å². The van der Waals surface area contributed by atoms with E-state index in [0.717, 1.165) is 22.3 Å². The maximum atomic E-state index is 12.8. The molecule has 1 unspecified atom stereocenters. The molecule has 0 aliphatic rings. The van der Waals surface area contributed by atoms with Gasteiger partial charge in [0.15, 0.2) is 5.92 Å². The van der Waals surface area contributed by atoms with Gasteiger partial charge in [0, 0.05) is 5.56 Å². The van der Waals surface area contributed by atoms with Crippen LogP contribution >= 0.6 is 8.03 Å². The maximum Gasteiger partial charge on any atom is 0.510 e. The van der Waals surface area contributed by atoms with Crippen LogP contribution in [0, 0.1) is 5.92 Å². The van der Waals surface area contributed by atoms with Gasteiger partial charge >= 0.3 is 20.0 Å². The van der Waals surface area contributed by atoms with Crippen LogP contribution < -0.4 is 0 Å². The van der Waals surface area contributed by atoms with Crippen LogP contribution in [0.4, 0.5) is 0 Å². The molecule has 3 aromatic rings. The molecule has 0 radical (unpaired) electrons. The summed E-state index contributed by atoms with van der Waals surface area (Å²) in [4.78, 5) is 34.6. The van der Waals surface area contributed by atoms with Crippen LogP contribution in [0.3, 0.4) is 0 Å². The van der Waals surface area contributed by atoms with E-state index >= 15 is 0 Å². The zero-order chi connectivity index (χ0) is 24.2. The first-order chi connectivity index (χ1) is 16.5. The standard InChI is InChI=1S/C27H27O6P/c28-26(32-18-22-8-3-1-4-9-22)25(27(29)33-19-23-10-5-2-6-11-23)13-7-12-21-14-16-24(17-15-21)20-34(30)31/h1-6,8-11,14-17,25H,7,12-13,18-20H2/p+1. The highest BCUT2D eigenvalue weighted by atomic mass is 31.1. The molecule has 6 nitrogen and oxygen atoms in total. The first kappa shape index (κ1) is 25.3. The summed E-state index contributed by atoms with van der Waals surface area (Å²) < 4.78 is 21.8. The van der Waals surface area contributed by atoms with Crippen molar-refractivity contribution in [3.05, 3.63) is 107 Å². The molecule has 1 atom stereocenters. The van der Waals surface area contributed by atoms with Crippen molar-refractivity contribution < 1.29 is 28.5 Å². The summed E-state index contributed by atoms with van der Waals surface area (Å²) in [5.41, 5.74) is 3.50. The van der Waals surface area contributed by atoms with E-state index in [1.54, 1.807) is 0 Å². The third kappa shape index (κ3) is 8.54. The van der Waals surface area contributed by atoms with E-state index in [1.165, 1.54) is 0 Å². The van der Waals surface area contributed by atoms with Crippen molar-refractivity contribution in [1.82, 2.24) is 0 Å². The summed E-state index contributed by atoms with van der Waals surface area (Å²) >= 11 is 0. The van der Waals surface area contributed by atoms with Crippen molar-refractivity contribution in [2.24, 2.45) is 5.92 Å². The molecular weight excluding hydrogens is 451 g/mol. The Hall–Kier alpha value is -3.34. The van der Waals surface area contributed by atoms with Crippen LogP contribution in [0.2, 0.25) is 0 Å². The van der Waals surface area contributed by atoms with Crippen molar-refractivity contribution in [3.63, 3.8) is 0 Å². The van der Waals surface area contributed by atoms with E-state index in [2.05, 4.69) is 0 Å². The molecule has 1 N–H and O–H groups in total. The lowest BCUT2D eigenvalue weighted by Gasteiger charge is -2.16. The Kier molecular flexibility index (Phi) is 9.96. The van der Waals surface area contributed by atoms with Gasteiger partial charge in [0.05, 0.1) is 0 Å². The van der Waals surface area contributed by atoms with Crippen molar-refractivity contribution in [2.75, 3.05) is 0 Å². The zero-order valence-electron chi connectivity index (χ0n) is 18.8. The maximum absolute atomic E-state index is 12.8. The van der Waals surface area contributed by atoms with E-state index in [4.69, 9.17) is 14.4 Å². The second kappa shape index (κ2) is 13.4. The number of ether oxygens (including phenoxy) is 2. The average Bonchev–Trinajstić information content (AvgIpc) is 2.85. The Morgan fingerprint density at radius 1 is 0.706 bits per heavy atom. The van der Waals surface area contributed by atoms with Crippen molar-refractivity contribution >= 4 is 20.0 Å². The smallest absolute Gasteiger partial charge is 0.460 e. The minimum absolute atomic E-state index is 0.0940. The molecule has 176 valence electrons. The summed E-state index contributed by atoms with van der Waals surface area (Å²) in [6.07, 6.45) is 1.66. The number of carbonyl (C=O) groups is 2. The Bertz CT molecular complexity index is 1010. The van der Waals surface area contributed by atoms with Crippen LogP contribution in [0.25, 0.3) is 0 Å². The first-order valence-corrected chi connectivity index (χ1v) is 12.5. The van der Waals surface area contributed by atoms with E-state index < -0.39 is 25.9 Å². The zero-order valence-corrected chi connectivity index (χ0v) is 19.7. The lowest BCUT2D eigenvalue weighted by Crippen LogP contribution is -2.28. The minimum atomic E-state index is -2.21. The Balaban J connectivity index is 1.58. The van der Waals surface area contributed by atoms with E-state index in [1.807, 2.05) is 84.9 Å². The SMILES string of the molecule is O=C(OCc1ccccc1)C(CCCc1ccc(C[P+](=O)O)cc1)C(=O)OCc1ccccc1. The van der Waals surface area contributed by atoms with Gasteiger partial charge in [-0.05, 0) is 40.5 Å². The first-order valence-electron chi connectivity index (χ1n) is 11.1. The number of hydrogen-bond acceptors (Lipinski definition) is 5. The predicted molar refractivity (Wildman–Crippen MR) is 129 cm³/mol. The number of hydrogen-bond donors (Lipinski definition) is 1. The molecular formula is C27H28O6P+. The lowest BCUT2D eigenvalue weighted by molar-refractivity contribution is -0.164. The van der Waals surface area contributed by atoms with Gasteiger partial charge in [-0.2, -0.15) is 4.89 Å². The van der Waals surface area contributed by atoms with Gasteiger partial charge in [-0.15, -0.1) is 0 Å². The second-order valence-corrected chi connectivity index (χ2v) is 8.98. The van der Waals surface area contributed by atoms with Crippen LogP contribution in [0.15, 0.2) is 84.9 Å². The Morgan fingerprint density at radius 2 is 1.18 bits per heavy atom. The van der Waals surface area contributed by atoms with E-state index in [9.17, 15) is 14.2 Å². The molecule has 3 rings (SSSR count). The highest BCUT2D eigenvalue weighted by Crippen LogP contribution is 2.22. The summed E-state index contributed by atoms with van der Waals surface area (Å²) in [5, 5.41) is 0. The van der Waals surface area contributed by atoms with Gasteiger partial charge < -0.3 is 9.47 Å². The lowest BCUT2D eigenvalue weighted by atomic mass is 9.99. The molecule has 3 aromatic carbocycles. The van der Waals surface area contributed by atoms with Crippen LogP contribution in [0.5, 0.6) is 0 Å². The molecule has 0 fully saturated rings. The number of esters is 2. The molecule has 7 heteroatoms. The topological polar surface area (TPSA) is 89.9 Å². The predicted octanol–water partition coefficient (Wildman–Crippen LogP) is 5.35. The second-order valence-electron chi connectivity index (χ2n) is 7.96. The number of benzene rings is 3. The summed E-state index contributed by atoms with van der Waals surface area (Å²) in [6, 6.07) is 26.0. The van der Waals surface area contributed by atoms with Gasteiger partial charge in [-0.3, -0.25) is 9.59 Å². The molecule has 34 heavy (non-hydrogen) atoms. The van der Waals surface area contributed by atoms with Crippen molar-refractivity contribution in [3.8, 4) is 0 Å². The monoisotopic (exact) mass is 479 g/mol. The van der Waals surface area contributed by atoms with E-state index in [0.29, 0.717) is 19.3 Å². The molecule has 0 amide bonds. The van der Waals surface area contributed by atoms with Gasteiger partial charge in [0.2, 0.25) is 6.16 Å². The van der Waals surface area contributed by atoms with Crippen LogP contribution in [-0.4, -0.2) is 16.8 Å². The highest BCUT2D eigenvalue weighted by molar-refractivity contribution is 7.37. The molecule has 0 saturated heterocycles. The van der Waals surface area contributed by atoms with Crippen LogP contribution in [-0.2, 0) is 49.4 Å². The fraction of sp³-hybridized carbons (Fsp3) is 0.259. The summed E-state index contributed by atoms with van der Waals surface area (Å²) in [6.45, 7) is 0.188. The van der Waals surface area contributed by atoms with Gasteiger partial charge in [0.25, 0.3) is 0 Å². The van der Waals surface area contributed by atoms with Gasteiger partial charge in [-0.1, -0.05) is 84.9 Å². The molecule has 0 bridgehead atoms. The van der Waals surface area contributed by atoms with Crippen LogP contribution in [0.1, 0.15) is 35.1 Å². The quantitative estimate of drug-likeness (QED) is 0.214. The Labute approximate surface area is 200 Å². The fourth-order valence-electron chi connectivity index (χ4n) is 3.47. The van der Waals surface area contributed by atoms with Gasteiger partial charge in [-0.25, -0.2) is 0 Å². The largest absolute Gasteiger partial charge is 0.510 e. The Morgan fingerprint density at radius 3 is 1.65 bits per heavy atom. The fourth-order valence-corrected chi connectivity index (χ4v) is 3.99. The minimum Gasteiger partial charge on any atom is -0.460 e. The normalized spacial score (nSPS) is 11.2. The van der Waals surface area contributed by atoms with Gasteiger partial charge in [0.1, 0.15) is 13.2 Å². The molecule has 0 aliphatic carbocycles. The third-order valence-corrected chi connectivity index (χ3v) is 5.95. The van der Waals surface area contributed by atoms with Crippen molar-refractivity contribution in [2.45, 2.75) is 38.6 Å². The third-order valence-electron chi connectivity index (χ3n) is 5.32. The molecule has 0 aromatic heterocycles. The molecule has 0 saturated carbocycles. The molecule has 0 spiro atoms. The summed E-state index contributed by atoms with van der Waals surface area (Å²) in [7, 11) is -2.21. The summed E-state index contributed by atoms with van der Waals surface area (Å²) in [5.74, 6) is -2.20. The highest BCUT2D eigenvalue weighted by Gasteiger charge is 2.29. The molecule has 0 heterocycles. The van der Waals surface area contributed by atoms with E-state index in [-0.39, 0.29) is 19.4 Å². The molecule has 0 aliphatic heterocycles.